The molecule has 31 heavy (non-hydrogen) atoms. The van der Waals surface area contributed by atoms with Crippen LogP contribution in [-0.2, 0) is 29.2 Å². The minimum Gasteiger partial charge on any atom is -0.496 e. The summed E-state index contributed by atoms with van der Waals surface area (Å²) in [5.41, 5.74) is 2.04. The Morgan fingerprint density at radius 1 is 1.06 bits per heavy atom. The van der Waals surface area contributed by atoms with Gasteiger partial charge in [0.15, 0.2) is 0 Å². The smallest absolute Gasteiger partial charge is 0.228 e. The second-order valence-corrected chi connectivity index (χ2v) is 8.78. The molecule has 0 radical (unpaired) electrons. The molecule has 1 saturated heterocycles. The SMILES string of the molecule is COc1ccccc1CN(Cc1cccs1)C(=O)[C@@H]1CC(=O)N(Cc2ccccc2)C1. The number of thiophene rings is 1. The van der Waals surface area contributed by atoms with Crippen LogP contribution in [0.4, 0.5) is 0 Å². The van der Waals surface area contributed by atoms with Gasteiger partial charge in [0.25, 0.3) is 0 Å². The Morgan fingerprint density at radius 3 is 2.58 bits per heavy atom. The van der Waals surface area contributed by atoms with Crippen LogP contribution in [0, 0.1) is 5.92 Å². The van der Waals surface area contributed by atoms with Gasteiger partial charge in [0.05, 0.1) is 19.6 Å². The van der Waals surface area contributed by atoms with Crippen LogP contribution < -0.4 is 4.74 Å². The molecule has 0 aliphatic carbocycles. The Balaban J connectivity index is 1.50. The van der Waals surface area contributed by atoms with E-state index in [2.05, 4.69) is 0 Å². The van der Waals surface area contributed by atoms with Crippen LogP contribution in [0.25, 0.3) is 0 Å². The van der Waals surface area contributed by atoms with Crippen LogP contribution in [0.1, 0.15) is 22.4 Å². The fourth-order valence-corrected chi connectivity index (χ4v) is 4.71. The maximum Gasteiger partial charge on any atom is 0.228 e. The zero-order valence-corrected chi connectivity index (χ0v) is 18.4. The Hall–Kier alpha value is -3.12. The highest BCUT2D eigenvalue weighted by molar-refractivity contribution is 7.09. The van der Waals surface area contributed by atoms with Gasteiger partial charge in [0, 0.05) is 36.5 Å². The predicted octanol–water partition coefficient (Wildman–Crippen LogP) is 4.33. The van der Waals surface area contributed by atoms with Gasteiger partial charge >= 0.3 is 0 Å². The number of methoxy groups -OCH3 is 1. The van der Waals surface area contributed by atoms with Crippen molar-refractivity contribution in [3.63, 3.8) is 0 Å². The lowest BCUT2D eigenvalue weighted by Crippen LogP contribution is -2.36. The number of nitrogens with zero attached hydrogens (tertiary/aromatic N) is 2. The highest BCUT2D eigenvalue weighted by atomic mass is 32.1. The Labute approximate surface area is 186 Å². The molecule has 0 spiro atoms. The van der Waals surface area contributed by atoms with Crippen molar-refractivity contribution in [2.24, 2.45) is 5.92 Å². The van der Waals surface area contributed by atoms with E-state index in [4.69, 9.17) is 4.74 Å². The minimum atomic E-state index is -0.328. The van der Waals surface area contributed by atoms with E-state index in [0.29, 0.717) is 26.2 Å². The topological polar surface area (TPSA) is 49.9 Å². The van der Waals surface area contributed by atoms with Crippen LogP contribution in [0.15, 0.2) is 72.1 Å². The molecule has 0 bridgehead atoms. The molecule has 1 atom stereocenters. The van der Waals surface area contributed by atoms with Crippen molar-refractivity contribution >= 4 is 23.2 Å². The molecule has 1 aliphatic rings. The monoisotopic (exact) mass is 434 g/mol. The molecule has 2 aromatic carbocycles. The summed E-state index contributed by atoms with van der Waals surface area (Å²) < 4.78 is 5.49. The van der Waals surface area contributed by atoms with Crippen LogP contribution >= 0.6 is 11.3 Å². The molecule has 3 aromatic rings. The van der Waals surface area contributed by atoms with E-state index in [1.165, 1.54) is 0 Å². The lowest BCUT2D eigenvalue weighted by atomic mass is 10.1. The van der Waals surface area contributed by atoms with E-state index in [1.807, 2.05) is 77.0 Å². The average Bonchev–Trinajstić information content (AvgIpc) is 3.44. The normalized spacial score (nSPS) is 15.8. The molecule has 2 amide bonds. The van der Waals surface area contributed by atoms with E-state index in [9.17, 15) is 9.59 Å². The third kappa shape index (κ3) is 5.14. The first kappa shape index (κ1) is 21.1. The van der Waals surface area contributed by atoms with Gasteiger partial charge in [-0.2, -0.15) is 0 Å². The highest BCUT2D eigenvalue weighted by Crippen LogP contribution is 2.27. The number of benzene rings is 2. The molecule has 4 rings (SSSR count). The largest absolute Gasteiger partial charge is 0.496 e. The molecule has 0 N–H and O–H groups in total. The number of ether oxygens (including phenoxy) is 1. The summed E-state index contributed by atoms with van der Waals surface area (Å²) >= 11 is 1.63. The summed E-state index contributed by atoms with van der Waals surface area (Å²) in [5.74, 6) is 0.490. The van der Waals surface area contributed by atoms with E-state index in [-0.39, 0.29) is 24.2 Å². The molecular formula is C25H26N2O3S. The van der Waals surface area contributed by atoms with Crippen molar-refractivity contribution in [1.29, 1.82) is 0 Å². The first-order valence-corrected chi connectivity index (χ1v) is 11.3. The van der Waals surface area contributed by atoms with E-state index < -0.39 is 0 Å². The van der Waals surface area contributed by atoms with Crippen molar-refractivity contribution in [1.82, 2.24) is 9.80 Å². The molecule has 2 heterocycles. The predicted molar refractivity (Wildman–Crippen MR) is 122 cm³/mol. The zero-order valence-electron chi connectivity index (χ0n) is 17.6. The fourth-order valence-electron chi connectivity index (χ4n) is 3.99. The quantitative estimate of drug-likeness (QED) is 0.530. The molecule has 6 heteroatoms. The number of amides is 2. The number of para-hydroxylation sites is 1. The zero-order chi connectivity index (χ0) is 21.6. The maximum absolute atomic E-state index is 13.5. The van der Waals surface area contributed by atoms with Crippen molar-refractivity contribution in [3.05, 3.63) is 88.1 Å². The Kier molecular flexibility index (Phi) is 6.67. The van der Waals surface area contributed by atoms with Crippen molar-refractivity contribution in [2.45, 2.75) is 26.1 Å². The molecule has 0 saturated carbocycles. The first-order valence-electron chi connectivity index (χ1n) is 10.4. The summed E-state index contributed by atoms with van der Waals surface area (Å²) in [5, 5.41) is 2.02. The molecule has 1 aromatic heterocycles. The standard InChI is InChI=1S/C25H26N2O3S/c1-30-23-12-6-5-10-20(23)16-27(18-22-11-7-13-31-22)25(29)21-14-24(28)26(17-21)15-19-8-3-2-4-9-19/h2-13,21H,14-18H2,1H3/t21-/m1/s1. The first-order chi connectivity index (χ1) is 15.1. The second-order valence-electron chi connectivity index (χ2n) is 7.75. The minimum absolute atomic E-state index is 0.0169. The van der Waals surface area contributed by atoms with Crippen LogP contribution in [0.5, 0.6) is 5.75 Å². The highest BCUT2D eigenvalue weighted by Gasteiger charge is 2.36. The van der Waals surface area contributed by atoms with E-state index in [1.54, 1.807) is 23.3 Å². The summed E-state index contributed by atoms with van der Waals surface area (Å²) in [4.78, 5) is 30.9. The molecule has 1 fully saturated rings. The lowest BCUT2D eigenvalue weighted by molar-refractivity contribution is -0.137. The number of carbonyl (C=O) groups is 2. The number of rotatable bonds is 8. The Bertz CT molecular complexity index is 1020. The summed E-state index contributed by atoms with van der Waals surface area (Å²) in [7, 11) is 1.64. The van der Waals surface area contributed by atoms with E-state index in [0.717, 1.165) is 21.8 Å². The number of hydrogen-bond donors (Lipinski definition) is 0. The third-order valence-corrected chi connectivity index (χ3v) is 6.43. The fraction of sp³-hybridized carbons (Fsp3) is 0.280. The van der Waals surface area contributed by atoms with Crippen molar-refractivity contribution in [3.8, 4) is 5.75 Å². The van der Waals surface area contributed by atoms with Crippen LogP contribution in [0.2, 0.25) is 0 Å². The van der Waals surface area contributed by atoms with Gasteiger partial charge in [-0.1, -0.05) is 54.6 Å². The van der Waals surface area contributed by atoms with Gasteiger partial charge in [-0.25, -0.2) is 0 Å². The Morgan fingerprint density at radius 2 is 1.84 bits per heavy atom. The maximum atomic E-state index is 13.5. The van der Waals surface area contributed by atoms with Gasteiger partial charge in [0.2, 0.25) is 11.8 Å². The van der Waals surface area contributed by atoms with Gasteiger partial charge < -0.3 is 14.5 Å². The van der Waals surface area contributed by atoms with Gasteiger partial charge in [-0.3, -0.25) is 9.59 Å². The number of hydrogen-bond acceptors (Lipinski definition) is 4. The molecule has 0 unspecified atom stereocenters. The summed E-state index contributed by atoms with van der Waals surface area (Å²) in [6.45, 7) is 1.97. The molecular weight excluding hydrogens is 408 g/mol. The lowest BCUT2D eigenvalue weighted by Gasteiger charge is -2.26. The molecule has 1 aliphatic heterocycles. The van der Waals surface area contributed by atoms with Crippen molar-refractivity contribution < 1.29 is 14.3 Å². The van der Waals surface area contributed by atoms with E-state index >= 15 is 0 Å². The summed E-state index contributed by atoms with van der Waals surface area (Å²) in [6, 6.07) is 21.7. The number of likely N-dealkylation sites (tertiary alicyclic amines) is 1. The number of carbonyl (C=O) groups excluding carboxylic acids is 2. The summed E-state index contributed by atoms with van der Waals surface area (Å²) in [6.07, 6.45) is 0.262. The van der Waals surface area contributed by atoms with Gasteiger partial charge in [0.1, 0.15) is 5.75 Å². The molecule has 160 valence electrons. The third-order valence-electron chi connectivity index (χ3n) is 5.57. The average molecular weight is 435 g/mol. The van der Waals surface area contributed by atoms with Gasteiger partial charge in [-0.15, -0.1) is 11.3 Å². The van der Waals surface area contributed by atoms with Crippen LogP contribution in [0.3, 0.4) is 0 Å². The molecule has 5 nitrogen and oxygen atoms in total. The van der Waals surface area contributed by atoms with Gasteiger partial charge in [-0.05, 0) is 23.1 Å². The second kappa shape index (κ2) is 9.79. The van der Waals surface area contributed by atoms with Crippen LogP contribution in [-0.4, -0.2) is 35.3 Å². The van der Waals surface area contributed by atoms with Crippen molar-refractivity contribution in [2.75, 3.05) is 13.7 Å².